The van der Waals surface area contributed by atoms with Crippen LogP contribution in [0, 0.1) is 5.41 Å². The summed E-state index contributed by atoms with van der Waals surface area (Å²) >= 11 is 1.96. The van der Waals surface area contributed by atoms with Crippen molar-refractivity contribution >= 4 is 11.8 Å². The first-order valence-electron chi connectivity index (χ1n) is 7.65. The van der Waals surface area contributed by atoms with Crippen molar-refractivity contribution in [2.75, 3.05) is 18.9 Å². The molecule has 1 aromatic rings. The Balaban J connectivity index is 1.88. The molecule has 0 aromatic heterocycles. The van der Waals surface area contributed by atoms with Crippen LogP contribution in [0.4, 0.5) is 0 Å². The Hall–Kier alpha value is -0.510. The van der Waals surface area contributed by atoms with E-state index in [1.165, 1.54) is 17.7 Å². The predicted molar refractivity (Wildman–Crippen MR) is 87.4 cm³/mol. The summed E-state index contributed by atoms with van der Waals surface area (Å²) in [6.45, 7) is 8.65. The number of benzene rings is 1. The SMILES string of the molecule is CC(C)NCC1(CCSc2ccccc2)CCOC1C. The van der Waals surface area contributed by atoms with Gasteiger partial charge in [-0.25, -0.2) is 0 Å². The van der Waals surface area contributed by atoms with Crippen LogP contribution in [-0.4, -0.2) is 31.1 Å². The van der Waals surface area contributed by atoms with Crippen LogP contribution in [0.1, 0.15) is 33.6 Å². The van der Waals surface area contributed by atoms with Gasteiger partial charge in [-0.2, -0.15) is 0 Å². The Morgan fingerprint density at radius 2 is 2.10 bits per heavy atom. The van der Waals surface area contributed by atoms with Gasteiger partial charge < -0.3 is 10.1 Å². The monoisotopic (exact) mass is 293 g/mol. The minimum Gasteiger partial charge on any atom is -0.378 e. The molecule has 1 heterocycles. The van der Waals surface area contributed by atoms with Crippen molar-refractivity contribution in [2.24, 2.45) is 5.41 Å². The number of hydrogen-bond acceptors (Lipinski definition) is 3. The minimum atomic E-state index is 0.312. The molecule has 1 aliphatic heterocycles. The van der Waals surface area contributed by atoms with E-state index in [1.807, 2.05) is 11.8 Å². The van der Waals surface area contributed by atoms with E-state index in [2.05, 4.69) is 56.4 Å². The third-order valence-corrected chi connectivity index (χ3v) is 5.32. The summed E-state index contributed by atoms with van der Waals surface area (Å²) in [5, 5.41) is 3.62. The zero-order valence-electron chi connectivity index (χ0n) is 12.9. The maximum absolute atomic E-state index is 5.85. The lowest BCUT2D eigenvalue weighted by molar-refractivity contribution is 0.0606. The zero-order valence-corrected chi connectivity index (χ0v) is 13.7. The summed E-state index contributed by atoms with van der Waals surface area (Å²) in [5.41, 5.74) is 0.312. The standard InChI is InChI=1S/C17H27NOS/c1-14(2)18-13-17(9-11-19-15(17)3)10-12-20-16-7-5-4-6-8-16/h4-8,14-15,18H,9-13H2,1-3H3. The van der Waals surface area contributed by atoms with Gasteiger partial charge in [-0.3, -0.25) is 0 Å². The van der Waals surface area contributed by atoms with Gasteiger partial charge in [0.1, 0.15) is 0 Å². The molecule has 112 valence electrons. The molecule has 2 atom stereocenters. The van der Waals surface area contributed by atoms with Crippen LogP contribution in [-0.2, 0) is 4.74 Å². The maximum Gasteiger partial charge on any atom is 0.0616 e. The number of nitrogens with one attached hydrogen (secondary N) is 1. The molecule has 0 radical (unpaired) electrons. The average Bonchev–Trinajstić information content (AvgIpc) is 2.80. The van der Waals surface area contributed by atoms with Crippen LogP contribution >= 0.6 is 11.8 Å². The molecule has 1 N–H and O–H groups in total. The van der Waals surface area contributed by atoms with Crippen LogP contribution in [0.25, 0.3) is 0 Å². The van der Waals surface area contributed by atoms with E-state index in [4.69, 9.17) is 4.74 Å². The van der Waals surface area contributed by atoms with E-state index >= 15 is 0 Å². The number of hydrogen-bond donors (Lipinski definition) is 1. The van der Waals surface area contributed by atoms with Crippen molar-refractivity contribution in [3.63, 3.8) is 0 Å². The predicted octanol–water partition coefficient (Wildman–Crippen LogP) is 3.96. The quantitative estimate of drug-likeness (QED) is 0.769. The van der Waals surface area contributed by atoms with Gasteiger partial charge in [-0.05, 0) is 37.7 Å². The first kappa shape index (κ1) is 15.9. The molecule has 2 nitrogen and oxygen atoms in total. The molecule has 20 heavy (non-hydrogen) atoms. The van der Waals surface area contributed by atoms with Crippen LogP contribution in [0.15, 0.2) is 35.2 Å². The molecule has 2 unspecified atom stereocenters. The Morgan fingerprint density at radius 3 is 2.70 bits per heavy atom. The molecule has 1 aromatic carbocycles. The minimum absolute atomic E-state index is 0.312. The van der Waals surface area contributed by atoms with E-state index < -0.39 is 0 Å². The van der Waals surface area contributed by atoms with Crippen molar-refractivity contribution in [1.29, 1.82) is 0 Å². The van der Waals surface area contributed by atoms with Gasteiger partial charge >= 0.3 is 0 Å². The van der Waals surface area contributed by atoms with Gasteiger partial charge in [0, 0.05) is 29.5 Å². The highest BCUT2D eigenvalue weighted by Crippen LogP contribution is 2.39. The molecule has 0 amide bonds. The average molecular weight is 293 g/mol. The summed E-state index contributed by atoms with van der Waals surface area (Å²) in [4.78, 5) is 1.37. The van der Waals surface area contributed by atoms with Gasteiger partial charge in [-0.15, -0.1) is 11.8 Å². The molecule has 0 bridgehead atoms. The first-order valence-corrected chi connectivity index (χ1v) is 8.64. The summed E-state index contributed by atoms with van der Waals surface area (Å²) < 4.78 is 5.85. The van der Waals surface area contributed by atoms with E-state index in [0.29, 0.717) is 17.6 Å². The fourth-order valence-corrected chi connectivity index (χ4v) is 3.86. The van der Waals surface area contributed by atoms with Gasteiger partial charge in [0.15, 0.2) is 0 Å². The summed E-state index contributed by atoms with van der Waals surface area (Å²) in [6, 6.07) is 11.2. The summed E-state index contributed by atoms with van der Waals surface area (Å²) in [5.74, 6) is 1.16. The fraction of sp³-hybridized carbons (Fsp3) is 0.647. The molecule has 2 rings (SSSR count). The summed E-state index contributed by atoms with van der Waals surface area (Å²) in [6.07, 6.45) is 2.77. The molecule has 0 aliphatic carbocycles. The third kappa shape index (κ3) is 4.24. The normalized spacial score (nSPS) is 26.3. The Labute approximate surface area is 127 Å². The van der Waals surface area contributed by atoms with Crippen LogP contribution < -0.4 is 5.32 Å². The highest BCUT2D eigenvalue weighted by atomic mass is 32.2. The van der Waals surface area contributed by atoms with Crippen LogP contribution in [0.3, 0.4) is 0 Å². The van der Waals surface area contributed by atoms with Crippen LogP contribution in [0.5, 0.6) is 0 Å². The Bertz CT molecular complexity index is 395. The third-order valence-electron chi connectivity index (χ3n) is 4.30. The number of rotatable bonds is 7. The van der Waals surface area contributed by atoms with E-state index in [1.54, 1.807) is 0 Å². The molecule has 1 fully saturated rings. The van der Waals surface area contributed by atoms with Crippen molar-refractivity contribution in [2.45, 2.75) is 50.7 Å². The molecule has 0 saturated carbocycles. The lowest BCUT2D eigenvalue weighted by Crippen LogP contribution is -2.42. The van der Waals surface area contributed by atoms with Gasteiger partial charge in [-0.1, -0.05) is 32.0 Å². The largest absolute Gasteiger partial charge is 0.378 e. The van der Waals surface area contributed by atoms with Crippen molar-refractivity contribution in [3.05, 3.63) is 30.3 Å². The molecular formula is C17H27NOS. The second-order valence-electron chi connectivity index (χ2n) is 6.07. The van der Waals surface area contributed by atoms with Crippen molar-refractivity contribution in [3.8, 4) is 0 Å². The Morgan fingerprint density at radius 1 is 1.35 bits per heavy atom. The fourth-order valence-electron chi connectivity index (χ4n) is 2.76. The highest BCUT2D eigenvalue weighted by Gasteiger charge is 2.40. The summed E-state index contributed by atoms with van der Waals surface area (Å²) in [7, 11) is 0. The lowest BCUT2D eigenvalue weighted by Gasteiger charge is -2.33. The molecule has 0 spiro atoms. The lowest BCUT2D eigenvalue weighted by atomic mass is 9.79. The van der Waals surface area contributed by atoms with Crippen molar-refractivity contribution < 1.29 is 4.74 Å². The first-order chi connectivity index (χ1) is 9.62. The molecule has 3 heteroatoms. The molecule has 1 saturated heterocycles. The highest BCUT2D eigenvalue weighted by molar-refractivity contribution is 7.99. The van der Waals surface area contributed by atoms with E-state index in [0.717, 1.165) is 18.9 Å². The van der Waals surface area contributed by atoms with Gasteiger partial charge in [0.05, 0.1) is 6.10 Å². The Kier molecular flexibility index (Phi) is 5.94. The smallest absolute Gasteiger partial charge is 0.0616 e. The molecule has 1 aliphatic rings. The van der Waals surface area contributed by atoms with Crippen molar-refractivity contribution in [1.82, 2.24) is 5.32 Å². The van der Waals surface area contributed by atoms with E-state index in [-0.39, 0.29) is 0 Å². The van der Waals surface area contributed by atoms with Gasteiger partial charge in [0.2, 0.25) is 0 Å². The topological polar surface area (TPSA) is 21.3 Å². The van der Waals surface area contributed by atoms with E-state index in [9.17, 15) is 0 Å². The van der Waals surface area contributed by atoms with Crippen LogP contribution in [0.2, 0.25) is 0 Å². The second-order valence-corrected chi connectivity index (χ2v) is 7.24. The number of thioether (sulfide) groups is 1. The zero-order chi connectivity index (χ0) is 14.4. The number of ether oxygens (including phenoxy) is 1. The molecular weight excluding hydrogens is 266 g/mol. The van der Waals surface area contributed by atoms with Gasteiger partial charge in [0.25, 0.3) is 0 Å². The maximum atomic E-state index is 5.85. The second kappa shape index (κ2) is 7.48.